The van der Waals surface area contributed by atoms with Gasteiger partial charge in [-0.1, -0.05) is 12.1 Å². The van der Waals surface area contributed by atoms with Crippen molar-refractivity contribution in [2.24, 2.45) is 0 Å². The van der Waals surface area contributed by atoms with Crippen LogP contribution in [-0.4, -0.2) is 22.0 Å². The molecule has 1 aromatic carbocycles. The predicted octanol–water partition coefficient (Wildman–Crippen LogP) is 4.16. The maximum absolute atomic E-state index is 10.8. The van der Waals surface area contributed by atoms with Crippen molar-refractivity contribution in [3.05, 3.63) is 70.5 Å². The molecule has 3 aromatic rings. The van der Waals surface area contributed by atoms with E-state index in [9.17, 15) is 10.1 Å². The summed E-state index contributed by atoms with van der Waals surface area (Å²) in [5.41, 5.74) is 2.42. The average molecular weight is 337 g/mol. The van der Waals surface area contributed by atoms with Gasteiger partial charge in [-0.2, -0.15) is 0 Å². The first-order chi connectivity index (χ1) is 12.1. The number of ether oxygens (including phenoxy) is 2. The normalized spacial score (nSPS) is 10.3. The highest BCUT2D eigenvalue weighted by Gasteiger charge is 2.12. The molecule has 0 aliphatic heterocycles. The van der Waals surface area contributed by atoms with Gasteiger partial charge in [-0.05, 0) is 36.2 Å². The largest absolute Gasteiger partial charge is 0.481 e. The molecule has 0 bridgehead atoms. The lowest BCUT2D eigenvalue weighted by atomic mass is 10.1. The minimum atomic E-state index is -0.468. The minimum absolute atomic E-state index is 0.0330. The monoisotopic (exact) mass is 337 g/mol. The van der Waals surface area contributed by atoms with Gasteiger partial charge in [0.2, 0.25) is 11.8 Å². The topological polar surface area (TPSA) is 87.4 Å². The summed E-state index contributed by atoms with van der Waals surface area (Å²) in [5.74, 6) is 1.44. The number of nitrogens with zero attached hydrogens (tertiary/aromatic N) is 3. The highest BCUT2D eigenvalue weighted by molar-refractivity contribution is 5.64. The molecule has 0 spiro atoms. The second-order valence-electron chi connectivity index (χ2n) is 5.28. The Kier molecular flexibility index (Phi) is 4.56. The summed E-state index contributed by atoms with van der Waals surface area (Å²) < 4.78 is 10.8. The first-order valence-electron chi connectivity index (χ1n) is 7.46. The predicted molar refractivity (Wildman–Crippen MR) is 91.9 cm³/mol. The zero-order chi connectivity index (χ0) is 17.8. The van der Waals surface area contributed by atoms with Gasteiger partial charge < -0.3 is 9.47 Å². The molecule has 0 saturated heterocycles. The first kappa shape index (κ1) is 16.4. The number of nitro groups is 1. The number of aryl methyl sites for hydroxylation is 1. The molecule has 0 atom stereocenters. The summed E-state index contributed by atoms with van der Waals surface area (Å²) in [7, 11) is 1.57. The molecule has 2 heterocycles. The second-order valence-corrected chi connectivity index (χ2v) is 5.28. The quantitative estimate of drug-likeness (QED) is 0.513. The molecule has 0 aliphatic rings. The van der Waals surface area contributed by atoms with E-state index in [1.165, 1.54) is 6.20 Å². The van der Waals surface area contributed by atoms with Crippen LogP contribution in [0.1, 0.15) is 5.56 Å². The molecule has 0 amide bonds. The maximum atomic E-state index is 10.8. The van der Waals surface area contributed by atoms with Crippen molar-refractivity contribution >= 4 is 5.69 Å². The van der Waals surface area contributed by atoms with E-state index >= 15 is 0 Å². The number of aromatic nitrogens is 2. The fourth-order valence-electron chi connectivity index (χ4n) is 2.31. The molecular weight excluding hydrogens is 322 g/mol. The summed E-state index contributed by atoms with van der Waals surface area (Å²) in [6, 6.07) is 12.7. The number of benzene rings is 1. The Balaban J connectivity index is 1.78. The van der Waals surface area contributed by atoms with Crippen molar-refractivity contribution in [1.82, 2.24) is 9.97 Å². The smallest absolute Gasteiger partial charge is 0.290 e. The number of hydrogen-bond donors (Lipinski definition) is 0. The van der Waals surface area contributed by atoms with E-state index in [0.29, 0.717) is 23.1 Å². The van der Waals surface area contributed by atoms with Gasteiger partial charge in [0.15, 0.2) is 0 Å². The van der Waals surface area contributed by atoms with E-state index in [-0.39, 0.29) is 5.69 Å². The Morgan fingerprint density at radius 2 is 1.76 bits per heavy atom. The van der Waals surface area contributed by atoms with Gasteiger partial charge in [0.05, 0.1) is 12.0 Å². The van der Waals surface area contributed by atoms with Crippen molar-refractivity contribution < 1.29 is 14.4 Å². The average Bonchev–Trinajstić information content (AvgIpc) is 2.62. The van der Waals surface area contributed by atoms with Crippen molar-refractivity contribution in [1.29, 1.82) is 0 Å². The van der Waals surface area contributed by atoms with Gasteiger partial charge in [-0.25, -0.2) is 9.97 Å². The molecule has 0 fully saturated rings. The van der Waals surface area contributed by atoms with Crippen molar-refractivity contribution in [3.63, 3.8) is 0 Å². The third-order valence-corrected chi connectivity index (χ3v) is 3.61. The molecule has 25 heavy (non-hydrogen) atoms. The lowest BCUT2D eigenvalue weighted by Crippen LogP contribution is -1.95. The molecule has 2 aromatic heterocycles. The molecule has 0 unspecified atom stereocenters. The molecular formula is C18H15N3O4. The van der Waals surface area contributed by atoms with Gasteiger partial charge in [0, 0.05) is 23.9 Å². The number of rotatable bonds is 5. The Hall–Kier alpha value is -3.48. The third-order valence-electron chi connectivity index (χ3n) is 3.61. The fourth-order valence-corrected chi connectivity index (χ4v) is 2.31. The van der Waals surface area contributed by atoms with Gasteiger partial charge >= 0.3 is 0 Å². The molecule has 7 heteroatoms. The zero-order valence-corrected chi connectivity index (χ0v) is 13.7. The Morgan fingerprint density at radius 1 is 1.00 bits per heavy atom. The number of pyridine rings is 2. The van der Waals surface area contributed by atoms with Gasteiger partial charge in [0.1, 0.15) is 11.9 Å². The van der Waals surface area contributed by atoms with E-state index in [1.54, 1.807) is 38.4 Å². The Labute approximate surface area is 144 Å². The first-order valence-corrected chi connectivity index (χ1v) is 7.46. The molecule has 0 radical (unpaired) electrons. The van der Waals surface area contributed by atoms with Crippen LogP contribution in [-0.2, 0) is 0 Å². The van der Waals surface area contributed by atoms with Crippen molar-refractivity contribution in [3.8, 4) is 28.6 Å². The lowest BCUT2D eigenvalue weighted by molar-refractivity contribution is -0.385. The highest BCUT2D eigenvalue weighted by atomic mass is 16.6. The third kappa shape index (κ3) is 3.72. The van der Waals surface area contributed by atoms with Crippen LogP contribution in [0.15, 0.2) is 54.9 Å². The standard InChI is InChI=1S/C18H15N3O4/c1-12-9-18(20-11-16(12)21(22)23)25-15-5-3-13(4-6-15)14-7-8-19-17(10-14)24-2/h3-11H,1-2H3. The van der Waals surface area contributed by atoms with Crippen LogP contribution in [0, 0.1) is 17.0 Å². The minimum Gasteiger partial charge on any atom is -0.481 e. The molecule has 7 nitrogen and oxygen atoms in total. The molecule has 126 valence electrons. The van der Waals surface area contributed by atoms with Crippen molar-refractivity contribution in [2.75, 3.05) is 7.11 Å². The van der Waals surface area contributed by atoms with E-state index in [0.717, 1.165) is 11.1 Å². The van der Waals surface area contributed by atoms with Gasteiger partial charge in [0.25, 0.3) is 5.69 Å². The summed E-state index contributed by atoms with van der Waals surface area (Å²) in [6.45, 7) is 1.65. The SMILES string of the molecule is COc1cc(-c2ccc(Oc3cc(C)c([N+](=O)[O-])cn3)cc2)ccn1. The molecule has 0 aliphatic carbocycles. The lowest BCUT2D eigenvalue weighted by Gasteiger charge is -2.07. The second kappa shape index (κ2) is 6.96. The van der Waals surface area contributed by atoms with Crippen LogP contribution in [0.4, 0.5) is 5.69 Å². The Morgan fingerprint density at radius 3 is 2.40 bits per heavy atom. The summed E-state index contributed by atoms with van der Waals surface area (Å²) in [4.78, 5) is 18.4. The number of hydrogen-bond acceptors (Lipinski definition) is 6. The van der Waals surface area contributed by atoms with E-state index in [4.69, 9.17) is 9.47 Å². The van der Waals surface area contributed by atoms with Gasteiger partial charge in [-0.3, -0.25) is 10.1 Å². The van der Waals surface area contributed by atoms with Crippen LogP contribution in [0.5, 0.6) is 17.5 Å². The fraction of sp³-hybridized carbons (Fsp3) is 0.111. The van der Waals surface area contributed by atoms with Crippen LogP contribution in [0.2, 0.25) is 0 Å². The van der Waals surface area contributed by atoms with Crippen molar-refractivity contribution in [2.45, 2.75) is 6.92 Å². The summed E-state index contributed by atoms with van der Waals surface area (Å²) >= 11 is 0. The highest BCUT2D eigenvalue weighted by Crippen LogP contribution is 2.28. The van der Waals surface area contributed by atoms with E-state index in [1.807, 2.05) is 24.3 Å². The van der Waals surface area contributed by atoms with Crippen LogP contribution in [0.3, 0.4) is 0 Å². The molecule has 3 rings (SSSR count). The summed E-state index contributed by atoms with van der Waals surface area (Å²) in [6.07, 6.45) is 2.88. The molecule has 0 N–H and O–H groups in total. The summed E-state index contributed by atoms with van der Waals surface area (Å²) in [5, 5.41) is 10.8. The van der Waals surface area contributed by atoms with E-state index in [2.05, 4.69) is 9.97 Å². The van der Waals surface area contributed by atoms with Crippen LogP contribution >= 0.6 is 0 Å². The van der Waals surface area contributed by atoms with E-state index < -0.39 is 4.92 Å². The molecule has 0 saturated carbocycles. The zero-order valence-electron chi connectivity index (χ0n) is 13.7. The number of methoxy groups -OCH3 is 1. The van der Waals surface area contributed by atoms with Crippen LogP contribution in [0.25, 0.3) is 11.1 Å². The maximum Gasteiger partial charge on any atom is 0.290 e. The Bertz CT molecular complexity index is 910. The van der Waals surface area contributed by atoms with Gasteiger partial charge in [-0.15, -0.1) is 0 Å². The van der Waals surface area contributed by atoms with Crippen LogP contribution < -0.4 is 9.47 Å².